The van der Waals surface area contributed by atoms with E-state index in [1.807, 2.05) is 12.1 Å². The van der Waals surface area contributed by atoms with Gasteiger partial charge in [-0.1, -0.05) is 6.92 Å². The van der Waals surface area contributed by atoms with Gasteiger partial charge in [-0.15, -0.1) is 0 Å². The van der Waals surface area contributed by atoms with Gasteiger partial charge in [0.25, 0.3) is 0 Å². The van der Waals surface area contributed by atoms with Crippen LogP contribution in [0, 0.1) is 5.92 Å². The van der Waals surface area contributed by atoms with Gasteiger partial charge in [-0.2, -0.15) is 0 Å². The molecule has 0 fully saturated rings. The van der Waals surface area contributed by atoms with E-state index < -0.39 is 0 Å². The highest BCUT2D eigenvalue weighted by Gasteiger charge is 2.26. The Kier molecular flexibility index (Phi) is 1.75. The predicted octanol–water partition coefficient (Wildman–Crippen LogP) is 2.18. The number of benzene rings is 1. The number of carbonyl (C=O) groups excluding carboxylic acids is 1. The maximum absolute atomic E-state index is 11.8. The molecule has 1 aromatic rings. The number of fused-ring (bicyclic) bond motifs is 2. The number of ketones is 1. The first-order valence-corrected chi connectivity index (χ1v) is 5.20. The molecule has 0 amide bonds. The fourth-order valence-electron chi connectivity index (χ4n) is 2.29. The van der Waals surface area contributed by atoms with Crippen LogP contribution in [-0.2, 0) is 6.42 Å². The van der Waals surface area contributed by atoms with Gasteiger partial charge in [0, 0.05) is 12.0 Å². The molecule has 0 saturated carbocycles. The number of rotatable bonds is 0. The van der Waals surface area contributed by atoms with Crippen LogP contribution in [0.2, 0.25) is 0 Å². The molecular weight excluding hydrogens is 192 g/mol. The summed E-state index contributed by atoms with van der Waals surface area (Å²) in [7, 11) is 0. The molecule has 0 spiro atoms. The highest BCUT2D eigenvalue weighted by molar-refractivity contribution is 5.99. The van der Waals surface area contributed by atoms with Gasteiger partial charge < -0.3 is 9.47 Å². The summed E-state index contributed by atoms with van der Waals surface area (Å²) in [4.78, 5) is 11.8. The lowest BCUT2D eigenvalue weighted by Crippen LogP contribution is -2.17. The van der Waals surface area contributed by atoms with Crippen LogP contribution in [0.3, 0.4) is 0 Å². The van der Waals surface area contributed by atoms with Crippen LogP contribution in [0.15, 0.2) is 12.1 Å². The summed E-state index contributed by atoms with van der Waals surface area (Å²) in [5, 5.41) is 0. The SMILES string of the molecule is CC1CC(=O)c2cc3c(cc2C1)OCO3. The first kappa shape index (κ1) is 8.77. The lowest BCUT2D eigenvalue weighted by Gasteiger charge is -2.20. The van der Waals surface area contributed by atoms with Gasteiger partial charge in [-0.25, -0.2) is 0 Å². The van der Waals surface area contributed by atoms with Crippen molar-refractivity contribution in [2.24, 2.45) is 5.92 Å². The zero-order valence-corrected chi connectivity index (χ0v) is 8.58. The molecule has 3 rings (SSSR count). The summed E-state index contributed by atoms with van der Waals surface area (Å²) in [5.74, 6) is 2.14. The molecular formula is C12H12O3. The Hall–Kier alpha value is -1.51. The van der Waals surface area contributed by atoms with Gasteiger partial charge >= 0.3 is 0 Å². The minimum atomic E-state index is 0.224. The van der Waals surface area contributed by atoms with Crippen molar-refractivity contribution in [2.75, 3.05) is 6.79 Å². The van der Waals surface area contributed by atoms with E-state index in [4.69, 9.17) is 9.47 Å². The summed E-state index contributed by atoms with van der Waals surface area (Å²) < 4.78 is 10.6. The average molecular weight is 204 g/mol. The van der Waals surface area contributed by atoms with E-state index in [1.165, 1.54) is 0 Å². The first-order chi connectivity index (χ1) is 7.24. The number of carbonyl (C=O) groups is 1. The second kappa shape index (κ2) is 2.99. The molecule has 0 bridgehead atoms. The molecule has 0 saturated heterocycles. The zero-order valence-electron chi connectivity index (χ0n) is 8.58. The Morgan fingerprint density at radius 2 is 1.93 bits per heavy atom. The minimum Gasteiger partial charge on any atom is -0.454 e. The average Bonchev–Trinajstić information content (AvgIpc) is 2.61. The second-order valence-corrected chi connectivity index (χ2v) is 4.30. The zero-order chi connectivity index (χ0) is 10.4. The topological polar surface area (TPSA) is 35.5 Å². The van der Waals surface area contributed by atoms with E-state index in [9.17, 15) is 4.79 Å². The summed E-state index contributed by atoms with van der Waals surface area (Å²) in [6.45, 7) is 2.37. The lowest BCUT2D eigenvalue weighted by molar-refractivity contribution is 0.0953. The third-order valence-corrected chi connectivity index (χ3v) is 3.00. The standard InChI is InChI=1S/C12H12O3/c1-7-2-8-4-11-12(15-6-14-11)5-9(8)10(13)3-7/h4-5,7H,2-3,6H2,1H3. The van der Waals surface area contributed by atoms with Crippen LogP contribution in [-0.4, -0.2) is 12.6 Å². The molecule has 15 heavy (non-hydrogen) atoms. The first-order valence-electron chi connectivity index (χ1n) is 5.20. The lowest BCUT2D eigenvalue weighted by atomic mass is 9.84. The smallest absolute Gasteiger partial charge is 0.231 e. The molecule has 0 radical (unpaired) electrons. The van der Waals surface area contributed by atoms with Crippen molar-refractivity contribution < 1.29 is 14.3 Å². The molecule has 3 nitrogen and oxygen atoms in total. The van der Waals surface area contributed by atoms with E-state index in [2.05, 4.69) is 6.92 Å². The Labute approximate surface area is 88.0 Å². The van der Waals surface area contributed by atoms with Crippen molar-refractivity contribution in [3.8, 4) is 11.5 Å². The molecule has 0 aromatic heterocycles. The Bertz CT molecular complexity index is 437. The number of ether oxygens (including phenoxy) is 2. The normalized spacial score (nSPS) is 22.7. The third kappa shape index (κ3) is 1.30. The molecule has 1 aliphatic carbocycles. The number of hydrogen-bond donors (Lipinski definition) is 0. The molecule has 2 aliphatic rings. The monoisotopic (exact) mass is 204 g/mol. The molecule has 1 aliphatic heterocycles. The Morgan fingerprint density at radius 3 is 2.73 bits per heavy atom. The molecule has 1 aromatic carbocycles. The van der Waals surface area contributed by atoms with Crippen LogP contribution >= 0.6 is 0 Å². The van der Waals surface area contributed by atoms with Crippen molar-refractivity contribution in [2.45, 2.75) is 19.8 Å². The number of Topliss-reactive ketones (excluding diaryl/α,β-unsaturated/α-hetero) is 1. The molecule has 3 heteroatoms. The minimum absolute atomic E-state index is 0.224. The summed E-state index contributed by atoms with van der Waals surface area (Å²) in [6.07, 6.45) is 1.60. The predicted molar refractivity (Wildman–Crippen MR) is 54.4 cm³/mol. The molecule has 1 atom stereocenters. The van der Waals surface area contributed by atoms with Crippen molar-refractivity contribution >= 4 is 5.78 Å². The molecule has 0 N–H and O–H groups in total. The van der Waals surface area contributed by atoms with Crippen molar-refractivity contribution in [1.82, 2.24) is 0 Å². The van der Waals surface area contributed by atoms with Crippen LogP contribution in [0.1, 0.15) is 29.3 Å². The van der Waals surface area contributed by atoms with E-state index >= 15 is 0 Å². The van der Waals surface area contributed by atoms with Crippen LogP contribution in [0.25, 0.3) is 0 Å². The maximum atomic E-state index is 11.8. The van der Waals surface area contributed by atoms with Gasteiger partial charge in [0.1, 0.15) is 0 Å². The summed E-state index contributed by atoms with van der Waals surface area (Å²) in [6, 6.07) is 3.77. The largest absolute Gasteiger partial charge is 0.454 e. The highest BCUT2D eigenvalue weighted by atomic mass is 16.7. The Balaban J connectivity index is 2.13. The van der Waals surface area contributed by atoms with Gasteiger partial charge in [0.2, 0.25) is 6.79 Å². The molecule has 78 valence electrons. The summed E-state index contributed by atoms with van der Waals surface area (Å²) in [5.41, 5.74) is 1.92. The quantitative estimate of drug-likeness (QED) is 0.649. The van der Waals surface area contributed by atoms with Crippen molar-refractivity contribution in [1.29, 1.82) is 0 Å². The third-order valence-electron chi connectivity index (χ3n) is 3.00. The van der Waals surface area contributed by atoms with Crippen molar-refractivity contribution in [3.63, 3.8) is 0 Å². The van der Waals surface area contributed by atoms with Crippen LogP contribution in [0.4, 0.5) is 0 Å². The van der Waals surface area contributed by atoms with Crippen LogP contribution in [0.5, 0.6) is 11.5 Å². The van der Waals surface area contributed by atoms with Gasteiger partial charge in [-0.05, 0) is 30.0 Å². The molecule has 1 unspecified atom stereocenters. The van der Waals surface area contributed by atoms with E-state index in [0.717, 1.165) is 23.3 Å². The summed E-state index contributed by atoms with van der Waals surface area (Å²) >= 11 is 0. The fourth-order valence-corrected chi connectivity index (χ4v) is 2.29. The van der Waals surface area contributed by atoms with E-state index in [0.29, 0.717) is 18.1 Å². The van der Waals surface area contributed by atoms with Crippen LogP contribution < -0.4 is 9.47 Å². The number of hydrogen-bond acceptors (Lipinski definition) is 3. The van der Waals surface area contributed by atoms with Crippen molar-refractivity contribution in [3.05, 3.63) is 23.3 Å². The van der Waals surface area contributed by atoms with Gasteiger partial charge in [0.05, 0.1) is 0 Å². The van der Waals surface area contributed by atoms with Gasteiger partial charge in [0.15, 0.2) is 17.3 Å². The fraction of sp³-hybridized carbons (Fsp3) is 0.417. The van der Waals surface area contributed by atoms with Gasteiger partial charge in [-0.3, -0.25) is 4.79 Å². The molecule has 1 heterocycles. The second-order valence-electron chi connectivity index (χ2n) is 4.30. The highest BCUT2D eigenvalue weighted by Crippen LogP contribution is 2.38. The maximum Gasteiger partial charge on any atom is 0.231 e. The van der Waals surface area contributed by atoms with E-state index in [1.54, 1.807) is 0 Å². The Morgan fingerprint density at radius 1 is 1.20 bits per heavy atom. The van der Waals surface area contributed by atoms with E-state index in [-0.39, 0.29) is 12.6 Å².